The number of imidazole rings is 1. The largest absolute Gasteiger partial charge is 0.485 e. The Bertz CT molecular complexity index is 1270. The minimum atomic E-state index is -0.432. The van der Waals surface area contributed by atoms with Gasteiger partial charge in [0.15, 0.2) is 11.2 Å². The van der Waals surface area contributed by atoms with Gasteiger partial charge in [-0.25, -0.2) is 9.78 Å². The van der Waals surface area contributed by atoms with Crippen molar-refractivity contribution in [3.63, 3.8) is 0 Å². The Balaban J connectivity index is 1.43. The number of likely N-dealkylation sites (N-methyl/N-ethyl adjacent to an activating group) is 2. The van der Waals surface area contributed by atoms with Crippen molar-refractivity contribution in [1.82, 2.24) is 23.6 Å². The Hall–Kier alpha value is -3.56. The maximum atomic E-state index is 12.8. The van der Waals surface area contributed by atoms with Crippen LogP contribution in [0.25, 0.3) is 11.2 Å². The highest BCUT2D eigenvalue weighted by atomic mass is 16.5. The molecule has 3 aromatic rings. The van der Waals surface area contributed by atoms with Crippen LogP contribution >= 0.6 is 0 Å². The molecule has 0 fully saturated rings. The Morgan fingerprint density at radius 1 is 1.22 bits per heavy atom. The van der Waals surface area contributed by atoms with Crippen molar-refractivity contribution in [3.05, 3.63) is 51.4 Å². The van der Waals surface area contributed by atoms with E-state index in [4.69, 9.17) is 4.74 Å². The first kappa shape index (κ1) is 21.7. The number of amides is 1. The second-order valence-electron chi connectivity index (χ2n) is 8.09. The van der Waals surface area contributed by atoms with Crippen LogP contribution in [0.3, 0.4) is 0 Å². The van der Waals surface area contributed by atoms with Crippen LogP contribution < -0.4 is 20.9 Å². The molecule has 0 radical (unpaired) electrons. The van der Waals surface area contributed by atoms with E-state index in [2.05, 4.69) is 16.8 Å². The summed E-state index contributed by atoms with van der Waals surface area (Å²) in [6, 6.07) is 7.93. The molecule has 2 aromatic heterocycles. The van der Waals surface area contributed by atoms with E-state index in [1.54, 1.807) is 23.6 Å². The van der Waals surface area contributed by atoms with Crippen molar-refractivity contribution < 1.29 is 9.53 Å². The smallest absolute Gasteiger partial charge is 0.332 e. The highest BCUT2D eigenvalue weighted by Gasteiger charge is 2.26. The molecule has 170 valence electrons. The number of carbonyl (C=O) groups is 1. The van der Waals surface area contributed by atoms with E-state index in [0.717, 1.165) is 22.5 Å². The molecule has 1 atom stereocenters. The predicted octanol–water partition coefficient (Wildman–Crippen LogP) is 0.570. The second kappa shape index (κ2) is 8.52. The number of ether oxygens (including phenoxy) is 1. The summed E-state index contributed by atoms with van der Waals surface area (Å²) in [7, 11) is 4.77. The van der Waals surface area contributed by atoms with Crippen molar-refractivity contribution in [3.8, 4) is 5.75 Å². The normalized spacial score (nSPS) is 15.5. The quantitative estimate of drug-likeness (QED) is 0.556. The first-order chi connectivity index (χ1) is 15.3. The molecule has 1 aromatic carbocycles. The van der Waals surface area contributed by atoms with Gasteiger partial charge in [-0.15, -0.1) is 0 Å². The van der Waals surface area contributed by atoms with Gasteiger partial charge in [-0.1, -0.05) is 12.1 Å². The molecular formula is C22H28N6O4. The molecule has 0 aliphatic carbocycles. The SMILES string of the molecule is CCN1CC(CN(C)C(=O)CCn2cnc3c2c(=O)n(C)c(=O)n3C)Oc2ccccc21. The van der Waals surface area contributed by atoms with Crippen molar-refractivity contribution in [2.45, 2.75) is 26.0 Å². The summed E-state index contributed by atoms with van der Waals surface area (Å²) in [6.07, 6.45) is 1.57. The average Bonchev–Trinajstić information content (AvgIpc) is 3.23. The summed E-state index contributed by atoms with van der Waals surface area (Å²) >= 11 is 0. The van der Waals surface area contributed by atoms with Crippen LogP contribution in [-0.2, 0) is 25.4 Å². The van der Waals surface area contributed by atoms with Gasteiger partial charge in [0.25, 0.3) is 5.56 Å². The standard InChI is InChI=1S/C22H28N6O4/c1-5-27-13-15(32-17-9-7-6-8-16(17)27)12-24(2)18(29)10-11-28-14-23-20-19(28)21(30)26(4)22(31)25(20)3/h6-9,14-15H,5,10-13H2,1-4H3. The number of benzene rings is 1. The lowest BCUT2D eigenvalue weighted by Gasteiger charge is -2.37. The van der Waals surface area contributed by atoms with Crippen LogP contribution in [0.4, 0.5) is 5.69 Å². The number of aromatic nitrogens is 4. The molecule has 0 bridgehead atoms. The van der Waals surface area contributed by atoms with Gasteiger partial charge >= 0.3 is 5.69 Å². The molecule has 10 nitrogen and oxygen atoms in total. The summed E-state index contributed by atoms with van der Waals surface area (Å²) in [4.78, 5) is 45.6. The number of hydrogen-bond donors (Lipinski definition) is 0. The molecule has 3 heterocycles. The number of carbonyl (C=O) groups excluding carboxylic acids is 1. The van der Waals surface area contributed by atoms with E-state index in [1.165, 1.54) is 17.9 Å². The van der Waals surface area contributed by atoms with Crippen molar-refractivity contribution >= 4 is 22.8 Å². The van der Waals surface area contributed by atoms with Gasteiger partial charge in [0, 0.05) is 40.7 Å². The number of anilines is 1. The molecule has 1 amide bonds. The summed E-state index contributed by atoms with van der Waals surface area (Å²) in [5, 5.41) is 0. The molecular weight excluding hydrogens is 412 g/mol. The minimum absolute atomic E-state index is 0.0565. The zero-order chi connectivity index (χ0) is 23.0. The number of rotatable bonds is 6. The number of aryl methyl sites for hydroxylation is 2. The lowest BCUT2D eigenvalue weighted by molar-refractivity contribution is -0.131. The average molecular weight is 441 g/mol. The van der Waals surface area contributed by atoms with Crippen LogP contribution in [0, 0.1) is 0 Å². The highest BCUT2D eigenvalue weighted by molar-refractivity contribution is 5.76. The maximum absolute atomic E-state index is 12.8. The molecule has 10 heteroatoms. The summed E-state index contributed by atoms with van der Waals surface area (Å²) in [6.45, 7) is 4.43. The number of hydrogen-bond acceptors (Lipinski definition) is 6. The molecule has 4 rings (SSSR count). The summed E-state index contributed by atoms with van der Waals surface area (Å²) in [5.74, 6) is 0.775. The van der Waals surface area contributed by atoms with Gasteiger partial charge in [0.05, 0.1) is 25.1 Å². The van der Waals surface area contributed by atoms with Crippen LogP contribution in [0.1, 0.15) is 13.3 Å². The van der Waals surface area contributed by atoms with Crippen molar-refractivity contribution in [1.29, 1.82) is 0 Å². The van der Waals surface area contributed by atoms with Gasteiger partial charge in [-0.2, -0.15) is 0 Å². The lowest BCUT2D eigenvalue weighted by Crippen LogP contribution is -2.46. The van der Waals surface area contributed by atoms with E-state index in [-0.39, 0.29) is 18.4 Å². The Labute approximate surface area is 185 Å². The Morgan fingerprint density at radius 2 is 1.97 bits per heavy atom. The zero-order valence-corrected chi connectivity index (χ0v) is 18.8. The van der Waals surface area contributed by atoms with E-state index in [0.29, 0.717) is 30.8 Å². The minimum Gasteiger partial charge on any atom is -0.485 e. The van der Waals surface area contributed by atoms with Crippen LogP contribution in [0.5, 0.6) is 5.75 Å². The fourth-order valence-corrected chi connectivity index (χ4v) is 4.15. The first-order valence-electron chi connectivity index (χ1n) is 10.7. The summed E-state index contributed by atoms with van der Waals surface area (Å²) < 4.78 is 10.1. The molecule has 1 aliphatic rings. The van der Waals surface area contributed by atoms with Gasteiger partial charge in [0.2, 0.25) is 5.91 Å². The highest BCUT2D eigenvalue weighted by Crippen LogP contribution is 2.32. The van der Waals surface area contributed by atoms with Crippen molar-refractivity contribution in [2.24, 2.45) is 14.1 Å². The van der Waals surface area contributed by atoms with E-state index < -0.39 is 11.2 Å². The maximum Gasteiger partial charge on any atom is 0.332 e. The van der Waals surface area contributed by atoms with Gasteiger partial charge in [0.1, 0.15) is 11.9 Å². The van der Waals surface area contributed by atoms with E-state index in [1.807, 2.05) is 24.3 Å². The number of fused-ring (bicyclic) bond motifs is 2. The van der Waals surface area contributed by atoms with Gasteiger partial charge in [-0.3, -0.25) is 18.7 Å². The second-order valence-corrected chi connectivity index (χ2v) is 8.09. The van der Waals surface area contributed by atoms with E-state index in [9.17, 15) is 14.4 Å². The van der Waals surface area contributed by atoms with E-state index >= 15 is 0 Å². The fraction of sp³-hybridized carbons (Fsp3) is 0.455. The molecule has 32 heavy (non-hydrogen) atoms. The third-order valence-electron chi connectivity index (χ3n) is 5.99. The van der Waals surface area contributed by atoms with Gasteiger partial charge < -0.3 is 19.1 Å². The lowest BCUT2D eigenvalue weighted by atomic mass is 10.1. The molecule has 0 spiro atoms. The topological polar surface area (TPSA) is 94.6 Å². The third kappa shape index (κ3) is 3.76. The van der Waals surface area contributed by atoms with Crippen LogP contribution in [0.15, 0.2) is 40.2 Å². The third-order valence-corrected chi connectivity index (χ3v) is 5.99. The Kier molecular flexibility index (Phi) is 5.77. The number of nitrogens with zero attached hydrogens (tertiary/aromatic N) is 6. The molecule has 1 unspecified atom stereocenters. The number of para-hydroxylation sites is 2. The molecule has 0 N–H and O–H groups in total. The molecule has 0 saturated carbocycles. The summed E-state index contributed by atoms with van der Waals surface area (Å²) in [5.41, 5.74) is 0.848. The predicted molar refractivity (Wildman–Crippen MR) is 121 cm³/mol. The first-order valence-corrected chi connectivity index (χ1v) is 10.7. The zero-order valence-electron chi connectivity index (χ0n) is 18.8. The van der Waals surface area contributed by atoms with Gasteiger partial charge in [-0.05, 0) is 19.1 Å². The van der Waals surface area contributed by atoms with Crippen LogP contribution in [0.2, 0.25) is 0 Å². The van der Waals surface area contributed by atoms with Crippen LogP contribution in [-0.4, -0.2) is 62.3 Å². The molecule has 1 aliphatic heterocycles. The fourth-order valence-electron chi connectivity index (χ4n) is 4.15. The monoisotopic (exact) mass is 440 g/mol. The van der Waals surface area contributed by atoms with Crippen molar-refractivity contribution in [2.75, 3.05) is 31.6 Å². The Morgan fingerprint density at radius 3 is 2.72 bits per heavy atom. The molecule has 0 saturated heterocycles.